The van der Waals surface area contributed by atoms with Gasteiger partial charge in [0.05, 0.1) is 12.2 Å². The molecule has 1 heterocycles. The van der Waals surface area contributed by atoms with Gasteiger partial charge in [-0.1, -0.05) is 0 Å². The van der Waals surface area contributed by atoms with E-state index in [1.807, 2.05) is 4.90 Å². The first kappa shape index (κ1) is 19.1. The monoisotopic (exact) mass is 327 g/mol. The summed E-state index contributed by atoms with van der Waals surface area (Å²) in [5.74, 6) is -1.54. The van der Waals surface area contributed by atoms with Crippen LogP contribution >= 0.6 is 24.8 Å². The highest BCUT2D eigenvalue weighted by Gasteiger charge is 2.14. The van der Waals surface area contributed by atoms with E-state index >= 15 is 0 Å². The molecule has 0 radical (unpaired) electrons. The lowest BCUT2D eigenvalue weighted by molar-refractivity contribution is -0.117. The molecule has 8 heteroatoms. The first-order chi connectivity index (χ1) is 8.65. The molecular formula is C12H17Cl2F2N3O. The predicted octanol–water partition coefficient (Wildman–Crippen LogP) is 1.65. The number of carbonyl (C=O) groups is 1. The van der Waals surface area contributed by atoms with Crippen LogP contribution in [0.3, 0.4) is 0 Å². The normalized spacial score (nSPS) is 14.9. The number of piperazine rings is 1. The fourth-order valence-corrected chi connectivity index (χ4v) is 1.86. The Morgan fingerprint density at radius 1 is 1.25 bits per heavy atom. The van der Waals surface area contributed by atoms with Gasteiger partial charge in [0.1, 0.15) is 11.6 Å². The smallest absolute Gasteiger partial charge is 0.238 e. The van der Waals surface area contributed by atoms with Crippen molar-refractivity contribution in [3.05, 3.63) is 29.8 Å². The van der Waals surface area contributed by atoms with E-state index in [1.54, 1.807) is 0 Å². The van der Waals surface area contributed by atoms with E-state index in [-0.39, 0.29) is 43.0 Å². The summed E-state index contributed by atoms with van der Waals surface area (Å²) in [6.07, 6.45) is 0. The molecule has 1 aromatic carbocycles. The second-order valence-corrected chi connectivity index (χ2v) is 4.20. The van der Waals surface area contributed by atoms with Crippen LogP contribution in [0, 0.1) is 11.6 Å². The van der Waals surface area contributed by atoms with Gasteiger partial charge in [0.2, 0.25) is 5.91 Å². The highest BCUT2D eigenvalue weighted by atomic mass is 35.5. The van der Waals surface area contributed by atoms with Crippen molar-refractivity contribution in [3.8, 4) is 0 Å². The maximum absolute atomic E-state index is 13.3. The average molecular weight is 328 g/mol. The standard InChI is InChI=1S/C12H15F2N3O.2ClH/c13-9-1-2-10(14)11(7-9)16-12(18)8-17-5-3-15-4-6-17;;/h1-2,7,15H,3-6,8H2,(H,16,18);2*1H. The molecule has 114 valence electrons. The maximum Gasteiger partial charge on any atom is 0.238 e. The van der Waals surface area contributed by atoms with Crippen LogP contribution in [-0.4, -0.2) is 43.5 Å². The second kappa shape index (κ2) is 9.07. The van der Waals surface area contributed by atoms with Crippen LogP contribution in [-0.2, 0) is 4.79 Å². The van der Waals surface area contributed by atoms with Crippen molar-refractivity contribution in [1.82, 2.24) is 10.2 Å². The van der Waals surface area contributed by atoms with Crippen LogP contribution in [0.1, 0.15) is 0 Å². The van der Waals surface area contributed by atoms with Crippen molar-refractivity contribution in [1.29, 1.82) is 0 Å². The minimum absolute atomic E-state index is 0. The quantitative estimate of drug-likeness (QED) is 0.887. The highest BCUT2D eigenvalue weighted by molar-refractivity contribution is 5.92. The molecule has 1 fully saturated rings. The lowest BCUT2D eigenvalue weighted by Gasteiger charge is -2.26. The lowest BCUT2D eigenvalue weighted by Crippen LogP contribution is -2.46. The summed E-state index contributed by atoms with van der Waals surface area (Å²) in [7, 11) is 0. The Kier molecular flexibility index (Phi) is 8.64. The third-order valence-corrected chi connectivity index (χ3v) is 2.78. The van der Waals surface area contributed by atoms with Crippen molar-refractivity contribution in [3.63, 3.8) is 0 Å². The molecule has 0 spiro atoms. The van der Waals surface area contributed by atoms with Gasteiger partial charge in [-0.3, -0.25) is 9.69 Å². The number of carbonyl (C=O) groups excluding carboxylic acids is 1. The van der Waals surface area contributed by atoms with Gasteiger partial charge in [-0.15, -0.1) is 24.8 Å². The molecule has 0 atom stereocenters. The van der Waals surface area contributed by atoms with Crippen molar-refractivity contribution in [2.75, 3.05) is 38.0 Å². The molecule has 4 nitrogen and oxygen atoms in total. The van der Waals surface area contributed by atoms with Crippen LogP contribution < -0.4 is 10.6 Å². The zero-order valence-electron chi connectivity index (χ0n) is 10.7. The number of amides is 1. The molecule has 1 aromatic rings. The molecule has 0 bridgehead atoms. The third-order valence-electron chi connectivity index (χ3n) is 2.78. The van der Waals surface area contributed by atoms with E-state index in [0.717, 1.165) is 44.4 Å². The number of halogens is 4. The summed E-state index contributed by atoms with van der Waals surface area (Å²) >= 11 is 0. The largest absolute Gasteiger partial charge is 0.322 e. The average Bonchev–Trinajstić information content (AvgIpc) is 2.35. The van der Waals surface area contributed by atoms with E-state index in [2.05, 4.69) is 10.6 Å². The Morgan fingerprint density at radius 3 is 2.55 bits per heavy atom. The molecular weight excluding hydrogens is 311 g/mol. The van der Waals surface area contributed by atoms with Crippen LogP contribution in [0.15, 0.2) is 18.2 Å². The van der Waals surface area contributed by atoms with Crippen LogP contribution in [0.5, 0.6) is 0 Å². The molecule has 2 rings (SSSR count). The lowest BCUT2D eigenvalue weighted by atomic mass is 10.3. The number of benzene rings is 1. The van der Waals surface area contributed by atoms with Crippen molar-refractivity contribution >= 4 is 36.4 Å². The van der Waals surface area contributed by atoms with Gasteiger partial charge in [-0.05, 0) is 12.1 Å². The molecule has 1 aliphatic rings. The number of anilines is 1. The minimum atomic E-state index is -0.634. The van der Waals surface area contributed by atoms with Crippen molar-refractivity contribution in [2.24, 2.45) is 0 Å². The first-order valence-corrected chi connectivity index (χ1v) is 5.83. The maximum atomic E-state index is 13.3. The molecule has 0 aromatic heterocycles. The van der Waals surface area contributed by atoms with Gasteiger partial charge in [-0.25, -0.2) is 8.78 Å². The van der Waals surface area contributed by atoms with Crippen LogP contribution in [0.25, 0.3) is 0 Å². The minimum Gasteiger partial charge on any atom is -0.322 e. The van der Waals surface area contributed by atoms with Gasteiger partial charge in [-0.2, -0.15) is 0 Å². The fourth-order valence-electron chi connectivity index (χ4n) is 1.86. The Balaban J connectivity index is 0.00000180. The summed E-state index contributed by atoms with van der Waals surface area (Å²) in [6.45, 7) is 3.42. The highest BCUT2D eigenvalue weighted by Crippen LogP contribution is 2.15. The van der Waals surface area contributed by atoms with Gasteiger partial charge in [0, 0.05) is 32.2 Å². The molecule has 0 saturated carbocycles. The number of hydrogen-bond donors (Lipinski definition) is 2. The van der Waals surface area contributed by atoms with E-state index < -0.39 is 11.6 Å². The predicted molar refractivity (Wildman–Crippen MR) is 78.8 cm³/mol. The van der Waals surface area contributed by atoms with Crippen molar-refractivity contribution in [2.45, 2.75) is 0 Å². The Labute approximate surface area is 128 Å². The van der Waals surface area contributed by atoms with E-state index in [1.165, 1.54) is 0 Å². The van der Waals surface area contributed by atoms with Crippen LogP contribution in [0.4, 0.5) is 14.5 Å². The Morgan fingerprint density at radius 2 is 1.90 bits per heavy atom. The Bertz CT molecular complexity index is 443. The van der Waals surface area contributed by atoms with E-state index in [4.69, 9.17) is 0 Å². The molecule has 1 amide bonds. The SMILES string of the molecule is Cl.Cl.O=C(CN1CCNCC1)Nc1cc(F)ccc1F. The molecule has 1 aliphatic heterocycles. The Hall–Kier alpha value is -0.950. The molecule has 0 unspecified atom stereocenters. The second-order valence-electron chi connectivity index (χ2n) is 4.20. The number of nitrogens with one attached hydrogen (secondary N) is 2. The summed E-state index contributed by atoms with van der Waals surface area (Å²) in [4.78, 5) is 13.6. The zero-order chi connectivity index (χ0) is 13.0. The third kappa shape index (κ3) is 5.58. The zero-order valence-corrected chi connectivity index (χ0v) is 12.3. The molecule has 20 heavy (non-hydrogen) atoms. The molecule has 2 N–H and O–H groups in total. The molecule has 1 saturated heterocycles. The summed E-state index contributed by atoms with van der Waals surface area (Å²) in [6, 6.07) is 2.99. The number of nitrogens with zero attached hydrogens (tertiary/aromatic N) is 1. The number of hydrogen-bond acceptors (Lipinski definition) is 3. The number of rotatable bonds is 3. The summed E-state index contributed by atoms with van der Waals surface area (Å²) < 4.78 is 26.2. The van der Waals surface area contributed by atoms with Crippen LogP contribution in [0.2, 0.25) is 0 Å². The first-order valence-electron chi connectivity index (χ1n) is 5.83. The summed E-state index contributed by atoms with van der Waals surface area (Å²) in [5, 5.41) is 5.55. The fraction of sp³-hybridized carbons (Fsp3) is 0.417. The summed E-state index contributed by atoms with van der Waals surface area (Å²) in [5.41, 5.74) is -0.116. The van der Waals surface area contributed by atoms with E-state index in [0.29, 0.717) is 0 Å². The van der Waals surface area contributed by atoms with E-state index in [9.17, 15) is 13.6 Å². The van der Waals surface area contributed by atoms with Crippen molar-refractivity contribution < 1.29 is 13.6 Å². The van der Waals surface area contributed by atoms with Gasteiger partial charge in [0.15, 0.2) is 0 Å². The topological polar surface area (TPSA) is 44.4 Å². The van der Waals surface area contributed by atoms with Gasteiger partial charge < -0.3 is 10.6 Å². The van der Waals surface area contributed by atoms with Gasteiger partial charge in [0.25, 0.3) is 0 Å². The molecule has 0 aliphatic carbocycles. The van der Waals surface area contributed by atoms with Gasteiger partial charge >= 0.3 is 0 Å².